The van der Waals surface area contributed by atoms with E-state index in [1.807, 2.05) is 32.9 Å². The van der Waals surface area contributed by atoms with Crippen LogP contribution in [0.25, 0.3) is 0 Å². The molecule has 182 valence electrons. The summed E-state index contributed by atoms with van der Waals surface area (Å²) >= 11 is 0. The molecule has 0 saturated heterocycles. The quantitative estimate of drug-likeness (QED) is 0.514. The molecule has 0 bridgehead atoms. The molecule has 0 aliphatic carbocycles. The van der Waals surface area contributed by atoms with E-state index in [-0.39, 0.29) is 24.4 Å². The third-order valence-corrected chi connectivity index (χ3v) is 6.51. The second-order valence-electron chi connectivity index (χ2n) is 8.51. The number of anilines is 1. The molecule has 2 aromatic rings. The number of hydrogen-bond donors (Lipinski definition) is 1. The highest BCUT2D eigenvalue weighted by atomic mass is 32.2. The molecule has 0 radical (unpaired) electrons. The lowest BCUT2D eigenvalue weighted by atomic mass is 9.93. The first-order valence-electron chi connectivity index (χ1n) is 11.2. The van der Waals surface area contributed by atoms with Gasteiger partial charge in [0.25, 0.3) is 0 Å². The van der Waals surface area contributed by atoms with E-state index in [2.05, 4.69) is 19.2 Å². The number of carbonyl (C=O) groups excluding carboxylic acids is 1. The van der Waals surface area contributed by atoms with Gasteiger partial charge in [0, 0.05) is 0 Å². The van der Waals surface area contributed by atoms with Gasteiger partial charge in [0.15, 0.2) is 0 Å². The highest BCUT2D eigenvalue weighted by Crippen LogP contribution is 2.32. The molecule has 2 rings (SSSR count). The number of hydrogen-bond acceptors (Lipinski definition) is 5. The summed E-state index contributed by atoms with van der Waals surface area (Å²) in [7, 11) is -2.02. The molecule has 0 unspecified atom stereocenters. The maximum absolute atomic E-state index is 12.9. The van der Waals surface area contributed by atoms with Crippen molar-refractivity contribution in [2.45, 2.75) is 53.0 Å². The summed E-state index contributed by atoms with van der Waals surface area (Å²) in [4.78, 5) is 12.9. The van der Waals surface area contributed by atoms with Crippen LogP contribution in [0.3, 0.4) is 0 Å². The van der Waals surface area contributed by atoms with Crippen molar-refractivity contribution in [2.24, 2.45) is 0 Å². The molecule has 0 aromatic heterocycles. The van der Waals surface area contributed by atoms with Gasteiger partial charge in [0.05, 0.1) is 31.7 Å². The maximum Gasteiger partial charge on any atom is 0.241 e. The van der Waals surface area contributed by atoms with Crippen LogP contribution in [0, 0.1) is 6.92 Å². The van der Waals surface area contributed by atoms with Gasteiger partial charge in [-0.15, -0.1) is 0 Å². The first kappa shape index (κ1) is 26.5. The third-order valence-electron chi connectivity index (χ3n) is 5.37. The number of sulfonamides is 1. The highest BCUT2D eigenvalue weighted by molar-refractivity contribution is 7.92. The number of benzene rings is 2. The molecule has 0 spiro atoms. The molecule has 8 heteroatoms. The smallest absolute Gasteiger partial charge is 0.241 e. The van der Waals surface area contributed by atoms with Crippen LogP contribution >= 0.6 is 0 Å². The normalized spacial score (nSPS) is 12.4. The second-order valence-corrected chi connectivity index (χ2v) is 10.4. The molecular weight excluding hydrogens is 440 g/mol. The molecule has 0 fully saturated rings. The van der Waals surface area contributed by atoms with E-state index < -0.39 is 10.0 Å². The Morgan fingerprint density at radius 3 is 2.24 bits per heavy atom. The van der Waals surface area contributed by atoms with Crippen LogP contribution in [0.2, 0.25) is 0 Å². The molecule has 0 heterocycles. The van der Waals surface area contributed by atoms with Crippen molar-refractivity contribution in [1.29, 1.82) is 0 Å². The summed E-state index contributed by atoms with van der Waals surface area (Å²) in [6.45, 7) is 10.3. The number of rotatable bonds is 11. The van der Waals surface area contributed by atoms with Crippen molar-refractivity contribution in [1.82, 2.24) is 5.32 Å². The van der Waals surface area contributed by atoms with Gasteiger partial charge in [-0.3, -0.25) is 9.10 Å². The van der Waals surface area contributed by atoms with Crippen molar-refractivity contribution < 1.29 is 22.7 Å². The number of ether oxygens (including phenoxy) is 2. The van der Waals surface area contributed by atoms with Gasteiger partial charge in [0.2, 0.25) is 15.9 Å². The van der Waals surface area contributed by atoms with E-state index in [0.717, 1.165) is 39.4 Å². The minimum atomic E-state index is -3.66. The summed E-state index contributed by atoms with van der Waals surface area (Å²) in [5.41, 5.74) is 3.43. The van der Waals surface area contributed by atoms with E-state index in [1.54, 1.807) is 31.4 Å². The zero-order valence-electron chi connectivity index (χ0n) is 20.6. The van der Waals surface area contributed by atoms with Crippen molar-refractivity contribution >= 4 is 21.6 Å². The Morgan fingerprint density at radius 1 is 1.09 bits per heavy atom. The SMILES string of the molecule is CCCOc1ccc(N(CC(=O)N[C@H](C)c2cc(C(C)C)c(OC)cc2C)S(C)(=O)=O)cc1. The minimum absolute atomic E-state index is 0.257. The number of aryl methyl sites for hydroxylation is 1. The van der Waals surface area contributed by atoms with Gasteiger partial charge >= 0.3 is 0 Å². The average molecular weight is 477 g/mol. The monoisotopic (exact) mass is 476 g/mol. The second kappa shape index (κ2) is 11.4. The molecule has 1 atom stereocenters. The average Bonchev–Trinajstić information content (AvgIpc) is 2.75. The number of nitrogens with zero attached hydrogens (tertiary/aromatic N) is 1. The molecular formula is C25H36N2O5S. The number of nitrogens with one attached hydrogen (secondary N) is 1. The third kappa shape index (κ3) is 7.12. The summed E-state index contributed by atoms with van der Waals surface area (Å²) in [5, 5.41) is 2.94. The zero-order valence-corrected chi connectivity index (χ0v) is 21.5. The van der Waals surface area contributed by atoms with Gasteiger partial charge in [-0.25, -0.2) is 8.42 Å². The van der Waals surface area contributed by atoms with E-state index in [0.29, 0.717) is 18.0 Å². The Kier molecular flexibility index (Phi) is 9.16. The van der Waals surface area contributed by atoms with Crippen LogP contribution in [-0.4, -0.2) is 40.8 Å². The van der Waals surface area contributed by atoms with E-state index in [1.165, 1.54) is 0 Å². The molecule has 33 heavy (non-hydrogen) atoms. The summed E-state index contributed by atoms with van der Waals surface area (Å²) in [5.74, 6) is 1.34. The lowest BCUT2D eigenvalue weighted by Gasteiger charge is -2.24. The van der Waals surface area contributed by atoms with Crippen LogP contribution in [0.4, 0.5) is 5.69 Å². The van der Waals surface area contributed by atoms with Crippen LogP contribution in [0.15, 0.2) is 36.4 Å². The first-order chi connectivity index (χ1) is 15.5. The Bertz CT molecular complexity index is 1050. The van der Waals surface area contributed by atoms with Gasteiger partial charge in [0.1, 0.15) is 18.0 Å². The predicted molar refractivity (Wildman–Crippen MR) is 133 cm³/mol. The van der Waals surface area contributed by atoms with E-state index in [4.69, 9.17) is 9.47 Å². The van der Waals surface area contributed by atoms with E-state index >= 15 is 0 Å². The Hall–Kier alpha value is -2.74. The van der Waals surface area contributed by atoms with Crippen LogP contribution in [0.1, 0.15) is 62.8 Å². The topological polar surface area (TPSA) is 84.9 Å². The lowest BCUT2D eigenvalue weighted by molar-refractivity contribution is -0.120. The van der Waals surface area contributed by atoms with E-state index in [9.17, 15) is 13.2 Å². The number of carbonyl (C=O) groups is 1. The largest absolute Gasteiger partial charge is 0.496 e. The summed E-state index contributed by atoms with van der Waals surface area (Å²) < 4.78 is 37.0. The molecule has 7 nitrogen and oxygen atoms in total. The van der Waals surface area contributed by atoms with Crippen LogP contribution in [0.5, 0.6) is 11.5 Å². The fraction of sp³-hybridized carbons (Fsp3) is 0.480. The Morgan fingerprint density at radius 2 is 1.73 bits per heavy atom. The maximum atomic E-state index is 12.9. The van der Waals surface area contributed by atoms with Gasteiger partial charge in [-0.2, -0.15) is 0 Å². The molecule has 1 amide bonds. The molecule has 1 N–H and O–H groups in total. The zero-order chi connectivity index (χ0) is 24.8. The standard InChI is InChI=1S/C25H36N2O5S/c1-8-13-32-21-11-9-20(10-12-21)27(33(7,29)30)16-25(28)26-19(5)23-15-22(17(2)3)24(31-6)14-18(23)4/h9-12,14-15,17,19H,8,13,16H2,1-7H3,(H,26,28)/t19-/m1/s1. The van der Waals surface area contributed by atoms with Gasteiger partial charge in [-0.1, -0.05) is 20.8 Å². The number of methoxy groups -OCH3 is 1. The highest BCUT2D eigenvalue weighted by Gasteiger charge is 2.23. The van der Waals surface area contributed by atoms with Crippen molar-refractivity contribution in [3.05, 3.63) is 53.1 Å². The van der Waals surface area contributed by atoms with Crippen molar-refractivity contribution in [3.8, 4) is 11.5 Å². The van der Waals surface area contributed by atoms with Crippen LogP contribution in [-0.2, 0) is 14.8 Å². The van der Waals surface area contributed by atoms with Gasteiger partial charge < -0.3 is 14.8 Å². The molecule has 0 aliphatic rings. The summed E-state index contributed by atoms with van der Waals surface area (Å²) in [6, 6.07) is 10.4. The molecule has 0 aliphatic heterocycles. The minimum Gasteiger partial charge on any atom is -0.496 e. The molecule has 0 saturated carbocycles. The summed E-state index contributed by atoms with van der Waals surface area (Å²) in [6.07, 6.45) is 1.97. The van der Waals surface area contributed by atoms with Crippen LogP contribution < -0.4 is 19.1 Å². The fourth-order valence-electron chi connectivity index (χ4n) is 3.63. The van der Waals surface area contributed by atoms with Gasteiger partial charge in [-0.05, 0) is 79.3 Å². The number of amides is 1. The van der Waals surface area contributed by atoms with Crippen molar-refractivity contribution in [2.75, 3.05) is 30.8 Å². The first-order valence-corrected chi connectivity index (χ1v) is 13.0. The Labute approximate surface area is 198 Å². The molecule has 2 aromatic carbocycles. The van der Waals surface area contributed by atoms with Crippen molar-refractivity contribution in [3.63, 3.8) is 0 Å². The predicted octanol–water partition coefficient (Wildman–Crippen LogP) is 4.56. The lowest BCUT2D eigenvalue weighted by Crippen LogP contribution is -2.41. The Balaban J connectivity index is 2.20. The fourth-order valence-corrected chi connectivity index (χ4v) is 4.49.